The largest absolute Gasteiger partial charge is 0.573 e. The normalized spacial score (nSPS) is 17.0. The summed E-state index contributed by atoms with van der Waals surface area (Å²) in [5.74, 6) is 0.554. The molecule has 0 bridgehead atoms. The summed E-state index contributed by atoms with van der Waals surface area (Å²) in [6.45, 7) is 3.11. The van der Waals surface area contributed by atoms with Crippen molar-refractivity contribution in [3.63, 3.8) is 0 Å². The fraction of sp³-hybridized carbons (Fsp3) is 0.600. The van der Waals surface area contributed by atoms with Gasteiger partial charge in [0.15, 0.2) is 0 Å². The van der Waals surface area contributed by atoms with E-state index in [2.05, 4.69) is 17.0 Å². The Morgan fingerprint density at radius 2 is 1.90 bits per heavy atom. The van der Waals surface area contributed by atoms with E-state index in [4.69, 9.17) is 0 Å². The summed E-state index contributed by atoms with van der Waals surface area (Å²) in [6.07, 6.45) is -0.188. The predicted molar refractivity (Wildman–Crippen MR) is 71.6 cm³/mol. The molecule has 1 atom stereocenters. The lowest BCUT2D eigenvalue weighted by Crippen LogP contribution is -2.33. The van der Waals surface area contributed by atoms with Crippen LogP contribution in [-0.2, 0) is 6.42 Å². The van der Waals surface area contributed by atoms with Gasteiger partial charge in [0.05, 0.1) is 0 Å². The predicted octanol–water partition coefficient (Wildman–Crippen LogP) is 3.91. The molecule has 0 aromatic heterocycles. The molecule has 0 saturated heterocycles. The minimum Gasteiger partial charge on any atom is -0.406 e. The Hall–Kier alpha value is -1.23. The summed E-state index contributed by atoms with van der Waals surface area (Å²) >= 11 is 0. The number of hydrogen-bond donors (Lipinski definition) is 1. The number of benzene rings is 1. The van der Waals surface area contributed by atoms with Crippen LogP contribution in [0.3, 0.4) is 0 Å². The van der Waals surface area contributed by atoms with Crippen LogP contribution in [0.1, 0.15) is 31.7 Å². The monoisotopic (exact) mass is 287 g/mol. The van der Waals surface area contributed by atoms with Crippen molar-refractivity contribution in [3.8, 4) is 5.75 Å². The first-order valence-electron chi connectivity index (χ1n) is 7.06. The second kappa shape index (κ2) is 6.48. The Morgan fingerprint density at radius 3 is 2.40 bits per heavy atom. The average molecular weight is 287 g/mol. The molecule has 0 radical (unpaired) electrons. The van der Waals surface area contributed by atoms with E-state index in [0.29, 0.717) is 12.0 Å². The molecule has 0 heterocycles. The van der Waals surface area contributed by atoms with E-state index in [0.717, 1.165) is 24.9 Å². The Morgan fingerprint density at radius 1 is 1.25 bits per heavy atom. The van der Waals surface area contributed by atoms with Crippen LogP contribution in [0.4, 0.5) is 13.2 Å². The Balaban J connectivity index is 1.91. The topological polar surface area (TPSA) is 21.3 Å². The number of ether oxygens (including phenoxy) is 1. The van der Waals surface area contributed by atoms with E-state index in [9.17, 15) is 13.2 Å². The van der Waals surface area contributed by atoms with E-state index in [1.807, 2.05) is 0 Å². The zero-order valence-corrected chi connectivity index (χ0v) is 11.5. The molecule has 112 valence electrons. The molecule has 20 heavy (non-hydrogen) atoms. The number of nitrogens with one attached hydrogen (secondary N) is 1. The third-order valence-electron chi connectivity index (χ3n) is 3.46. The van der Waals surface area contributed by atoms with Crippen LogP contribution >= 0.6 is 0 Å². The van der Waals surface area contributed by atoms with Crippen molar-refractivity contribution in [2.24, 2.45) is 5.92 Å². The summed E-state index contributed by atoms with van der Waals surface area (Å²) in [5, 5.41) is 3.52. The maximum atomic E-state index is 12.1. The molecular weight excluding hydrogens is 267 g/mol. The Bertz CT molecular complexity index is 412. The molecule has 1 saturated carbocycles. The molecule has 1 aliphatic rings. The maximum absolute atomic E-state index is 12.1. The van der Waals surface area contributed by atoms with Crippen molar-refractivity contribution in [1.29, 1.82) is 0 Å². The quantitative estimate of drug-likeness (QED) is 0.821. The van der Waals surface area contributed by atoms with E-state index in [1.54, 1.807) is 12.1 Å². The van der Waals surface area contributed by atoms with Crippen molar-refractivity contribution < 1.29 is 17.9 Å². The molecular formula is C15H20F3NO. The van der Waals surface area contributed by atoms with E-state index < -0.39 is 6.36 Å². The first kappa shape index (κ1) is 15.2. The second-order valence-electron chi connectivity index (χ2n) is 5.29. The first-order valence-corrected chi connectivity index (χ1v) is 7.06. The van der Waals surface area contributed by atoms with Gasteiger partial charge in [0, 0.05) is 6.04 Å². The second-order valence-corrected chi connectivity index (χ2v) is 5.29. The van der Waals surface area contributed by atoms with Crippen molar-refractivity contribution in [2.45, 2.75) is 45.0 Å². The van der Waals surface area contributed by atoms with Crippen molar-refractivity contribution in [3.05, 3.63) is 29.8 Å². The summed E-state index contributed by atoms with van der Waals surface area (Å²) in [5.41, 5.74) is 1.04. The van der Waals surface area contributed by atoms with Crippen LogP contribution in [0.2, 0.25) is 0 Å². The molecule has 1 fully saturated rings. The van der Waals surface area contributed by atoms with Crippen molar-refractivity contribution in [1.82, 2.24) is 5.32 Å². The third kappa shape index (κ3) is 5.04. The van der Waals surface area contributed by atoms with Crippen molar-refractivity contribution in [2.75, 3.05) is 6.54 Å². The lowest BCUT2D eigenvalue weighted by Gasteiger charge is -2.18. The van der Waals surface area contributed by atoms with Gasteiger partial charge >= 0.3 is 6.36 Å². The van der Waals surface area contributed by atoms with Gasteiger partial charge in [-0.05, 0) is 55.8 Å². The van der Waals surface area contributed by atoms with Crippen LogP contribution in [0.5, 0.6) is 5.75 Å². The highest BCUT2D eigenvalue weighted by Crippen LogP contribution is 2.34. The molecule has 1 aliphatic carbocycles. The molecule has 5 heteroatoms. The highest BCUT2D eigenvalue weighted by molar-refractivity contribution is 5.28. The molecule has 0 aliphatic heterocycles. The molecule has 1 N–H and O–H groups in total. The van der Waals surface area contributed by atoms with Gasteiger partial charge in [0.1, 0.15) is 5.75 Å². The fourth-order valence-corrected chi connectivity index (χ4v) is 2.31. The fourth-order valence-electron chi connectivity index (χ4n) is 2.31. The van der Waals surface area contributed by atoms with Gasteiger partial charge < -0.3 is 10.1 Å². The molecule has 0 spiro atoms. The number of hydrogen-bond acceptors (Lipinski definition) is 2. The van der Waals surface area contributed by atoms with Crippen LogP contribution in [0, 0.1) is 5.92 Å². The van der Waals surface area contributed by atoms with Gasteiger partial charge in [-0.2, -0.15) is 0 Å². The van der Waals surface area contributed by atoms with Crippen molar-refractivity contribution >= 4 is 0 Å². The highest BCUT2D eigenvalue weighted by Gasteiger charge is 2.32. The SMILES string of the molecule is CCCNC(Cc1ccc(OC(F)(F)F)cc1)C1CC1. The first-order chi connectivity index (χ1) is 9.48. The standard InChI is InChI=1S/C15H20F3NO/c1-2-9-19-14(12-5-6-12)10-11-3-7-13(8-4-11)20-15(16,17)18/h3-4,7-8,12,14,19H,2,5-6,9-10H2,1H3. The summed E-state index contributed by atoms with van der Waals surface area (Å²) < 4.78 is 40.1. The summed E-state index contributed by atoms with van der Waals surface area (Å²) in [6, 6.07) is 6.62. The van der Waals surface area contributed by atoms with E-state index in [1.165, 1.54) is 25.0 Å². The van der Waals surface area contributed by atoms with Gasteiger partial charge in [-0.15, -0.1) is 13.2 Å². The smallest absolute Gasteiger partial charge is 0.406 e. The number of halogens is 3. The lowest BCUT2D eigenvalue weighted by molar-refractivity contribution is -0.274. The highest BCUT2D eigenvalue weighted by atomic mass is 19.4. The summed E-state index contributed by atoms with van der Waals surface area (Å²) in [7, 11) is 0. The lowest BCUT2D eigenvalue weighted by atomic mass is 10.0. The molecule has 2 rings (SSSR count). The van der Waals surface area contributed by atoms with Gasteiger partial charge in [-0.25, -0.2) is 0 Å². The minimum absolute atomic E-state index is 0.161. The van der Waals surface area contributed by atoms with Gasteiger partial charge in [-0.1, -0.05) is 19.1 Å². The molecule has 1 aromatic rings. The van der Waals surface area contributed by atoms with Crippen LogP contribution in [0.25, 0.3) is 0 Å². The van der Waals surface area contributed by atoms with Crippen LogP contribution in [0.15, 0.2) is 24.3 Å². The molecule has 1 unspecified atom stereocenters. The average Bonchev–Trinajstić information content (AvgIpc) is 3.19. The van der Waals surface area contributed by atoms with Gasteiger partial charge in [0.25, 0.3) is 0 Å². The zero-order chi connectivity index (χ0) is 14.6. The molecule has 2 nitrogen and oxygen atoms in total. The number of rotatable bonds is 7. The number of alkyl halides is 3. The zero-order valence-electron chi connectivity index (χ0n) is 11.5. The van der Waals surface area contributed by atoms with Crippen LogP contribution < -0.4 is 10.1 Å². The summed E-state index contributed by atoms with van der Waals surface area (Å²) in [4.78, 5) is 0. The minimum atomic E-state index is -4.62. The molecule has 1 aromatic carbocycles. The van der Waals surface area contributed by atoms with Gasteiger partial charge in [-0.3, -0.25) is 0 Å². The Kier molecular flexibility index (Phi) is 4.91. The van der Waals surface area contributed by atoms with E-state index >= 15 is 0 Å². The maximum Gasteiger partial charge on any atom is 0.573 e. The van der Waals surface area contributed by atoms with Gasteiger partial charge in [0.2, 0.25) is 0 Å². The molecule has 0 amide bonds. The third-order valence-corrected chi connectivity index (χ3v) is 3.46. The van der Waals surface area contributed by atoms with Crippen LogP contribution in [-0.4, -0.2) is 18.9 Å². The van der Waals surface area contributed by atoms with E-state index in [-0.39, 0.29) is 5.75 Å². The Labute approximate surface area is 117 Å².